The number of benzene rings is 1. The molecule has 0 heterocycles. The van der Waals surface area contributed by atoms with Crippen LogP contribution in [0.1, 0.15) is 44.7 Å². The summed E-state index contributed by atoms with van der Waals surface area (Å²) in [5, 5.41) is 6.75. The van der Waals surface area contributed by atoms with Gasteiger partial charge in [0.25, 0.3) is 0 Å². The van der Waals surface area contributed by atoms with Crippen molar-refractivity contribution in [1.82, 2.24) is 10.6 Å². The Morgan fingerprint density at radius 3 is 2.62 bits per heavy atom. The Labute approximate surface area is 129 Å². The Kier molecular flexibility index (Phi) is 9.29. The zero-order valence-corrected chi connectivity index (χ0v) is 13.6. The molecule has 1 atom stereocenters. The predicted octanol–water partition coefficient (Wildman–Crippen LogP) is 3.12. The molecule has 2 N–H and O–H groups in total. The van der Waals surface area contributed by atoms with Crippen LogP contribution >= 0.6 is 0 Å². The summed E-state index contributed by atoms with van der Waals surface area (Å²) in [6.07, 6.45) is 3.36. The number of hydrogen-bond donors (Lipinski definition) is 2. The van der Waals surface area contributed by atoms with E-state index in [1.165, 1.54) is 5.56 Å². The predicted molar refractivity (Wildman–Crippen MR) is 89.7 cm³/mol. The van der Waals surface area contributed by atoms with Gasteiger partial charge in [0, 0.05) is 26.8 Å². The van der Waals surface area contributed by atoms with E-state index in [-0.39, 0.29) is 6.04 Å². The topological polar surface area (TPSA) is 45.7 Å². The number of methoxy groups -OCH3 is 1. The zero-order valence-electron chi connectivity index (χ0n) is 13.6. The van der Waals surface area contributed by atoms with E-state index in [4.69, 9.17) is 4.74 Å². The molecule has 118 valence electrons. The second kappa shape index (κ2) is 11.1. The van der Waals surface area contributed by atoms with Crippen molar-refractivity contribution >= 4 is 5.96 Å². The standard InChI is InChI=1S/C17H29N3O/c1-4-18-17(19-13-9-6-10-14-21-3)20-15(2)16-11-7-5-8-12-16/h5,7-8,11-12,15H,4,6,9-10,13-14H2,1-3H3,(H2,18,19,20). The first kappa shape index (κ1) is 17.5. The lowest BCUT2D eigenvalue weighted by atomic mass is 10.1. The zero-order chi connectivity index (χ0) is 15.3. The van der Waals surface area contributed by atoms with E-state index in [1.807, 2.05) is 6.07 Å². The average Bonchev–Trinajstić information content (AvgIpc) is 2.51. The highest BCUT2D eigenvalue weighted by atomic mass is 16.5. The van der Waals surface area contributed by atoms with Gasteiger partial charge in [0.2, 0.25) is 0 Å². The maximum atomic E-state index is 5.05. The molecular formula is C17H29N3O. The summed E-state index contributed by atoms with van der Waals surface area (Å²) in [6, 6.07) is 10.7. The van der Waals surface area contributed by atoms with Gasteiger partial charge in [-0.25, -0.2) is 0 Å². The molecule has 0 aromatic heterocycles. The largest absolute Gasteiger partial charge is 0.385 e. The number of hydrogen-bond acceptors (Lipinski definition) is 2. The summed E-state index contributed by atoms with van der Waals surface area (Å²) >= 11 is 0. The van der Waals surface area contributed by atoms with Crippen molar-refractivity contribution in [1.29, 1.82) is 0 Å². The van der Waals surface area contributed by atoms with Crippen molar-refractivity contribution in [2.45, 2.75) is 39.2 Å². The monoisotopic (exact) mass is 291 g/mol. The molecule has 1 aromatic rings. The molecule has 1 unspecified atom stereocenters. The molecule has 4 heteroatoms. The van der Waals surface area contributed by atoms with Gasteiger partial charge in [-0.05, 0) is 38.7 Å². The van der Waals surface area contributed by atoms with E-state index in [0.29, 0.717) is 0 Å². The lowest BCUT2D eigenvalue weighted by Gasteiger charge is -2.18. The highest BCUT2D eigenvalue weighted by Crippen LogP contribution is 2.10. The number of unbranched alkanes of at least 4 members (excludes halogenated alkanes) is 2. The van der Waals surface area contributed by atoms with Crippen LogP contribution in [0.3, 0.4) is 0 Å². The van der Waals surface area contributed by atoms with Crippen LogP contribution in [0.2, 0.25) is 0 Å². The van der Waals surface area contributed by atoms with Crippen molar-refractivity contribution in [2.75, 3.05) is 26.8 Å². The molecule has 1 aromatic carbocycles. The first-order valence-electron chi connectivity index (χ1n) is 7.86. The number of ether oxygens (including phenoxy) is 1. The third-order valence-corrected chi connectivity index (χ3v) is 3.27. The van der Waals surface area contributed by atoms with Crippen LogP contribution in [0.5, 0.6) is 0 Å². The molecule has 0 amide bonds. The molecule has 0 fully saturated rings. The number of aliphatic imine (C=N–C) groups is 1. The van der Waals surface area contributed by atoms with E-state index in [9.17, 15) is 0 Å². The van der Waals surface area contributed by atoms with Crippen LogP contribution in [0.4, 0.5) is 0 Å². The maximum Gasteiger partial charge on any atom is 0.191 e. The summed E-state index contributed by atoms with van der Waals surface area (Å²) < 4.78 is 5.05. The molecular weight excluding hydrogens is 262 g/mol. The molecule has 1 rings (SSSR count). The maximum absolute atomic E-state index is 5.05. The van der Waals surface area contributed by atoms with Crippen LogP contribution in [-0.4, -0.2) is 32.8 Å². The highest BCUT2D eigenvalue weighted by molar-refractivity contribution is 5.80. The van der Waals surface area contributed by atoms with E-state index in [1.54, 1.807) is 7.11 Å². The molecule has 0 saturated carbocycles. The fourth-order valence-corrected chi connectivity index (χ4v) is 2.08. The van der Waals surface area contributed by atoms with E-state index in [0.717, 1.165) is 44.9 Å². The third-order valence-electron chi connectivity index (χ3n) is 3.27. The van der Waals surface area contributed by atoms with Crippen molar-refractivity contribution in [3.8, 4) is 0 Å². The Hall–Kier alpha value is -1.55. The van der Waals surface area contributed by atoms with Crippen LogP contribution in [-0.2, 0) is 4.74 Å². The second-order valence-electron chi connectivity index (χ2n) is 5.09. The third kappa shape index (κ3) is 7.71. The quantitative estimate of drug-likeness (QED) is 0.417. The Morgan fingerprint density at radius 2 is 1.95 bits per heavy atom. The highest BCUT2D eigenvalue weighted by Gasteiger charge is 2.06. The lowest BCUT2D eigenvalue weighted by molar-refractivity contribution is 0.192. The summed E-state index contributed by atoms with van der Waals surface area (Å²) in [5.41, 5.74) is 1.27. The lowest BCUT2D eigenvalue weighted by Crippen LogP contribution is -2.38. The van der Waals surface area contributed by atoms with E-state index < -0.39 is 0 Å². The summed E-state index contributed by atoms with van der Waals surface area (Å²) in [4.78, 5) is 4.63. The molecule has 0 bridgehead atoms. The minimum Gasteiger partial charge on any atom is -0.385 e. The molecule has 0 aliphatic heterocycles. The molecule has 21 heavy (non-hydrogen) atoms. The van der Waals surface area contributed by atoms with Crippen molar-refractivity contribution < 1.29 is 4.74 Å². The molecule has 0 aliphatic carbocycles. The summed E-state index contributed by atoms with van der Waals surface area (Å²) in [6.45, 7) is 6.80. The van der Waals surface area contributed by atoms with Gasteiger partial charge < -0.3 is 15.4 Å². The SMILES string of the molecule is CCNC(=NCCCCCOC)NC(C)c1ccccc1. The van der Waals surface area contributed by atoms with Gasteiger partial charge >= 0.3 is 0 Å². The Morgan fingerprint density at radius 1 is 1.19 bits per heavy atom. The molecule has 4 nitrogen and oxygen atoms in total. The van der Waals surface area contributed by atoms with Gasteiger partial charge in [0.15, 0.2) is 5.96 Å². The van der Waals surface area contributed by atoms with Crippen molar-refractivity contribution in [2.24, 2.45) is 4.99 Å². The second-order valence-corrected chi connectivity index (χ2v) is 5.09. The number of rotatable bonds is 9. The van der Waals surface area contributed by atoms with Crippen LogP contribution < -0.4 is 10.6 Å². The number of nitrogens with zero attached hydrogens (tertiary/aromatic N) is 1. The van der Waals surface area contributed by atoms with Gasteiger partial charge in [-0.15, -0.1) is 0 Å². The summed E-state index contributed by atoms with van der Waals surface area (Å²) in [7, 11) is 1.75. The van der Waals surface area contributed by atoms with Crippen molar-refractivity contribution in [3.63, 3.8) is 0 Å². The first-order valence-corrected chi connectivity index (χ1v) is 7.86. The Bertz CT molecular complexity index is 392. The fraction of sp³-hybridized carbons (Fsp3) is 0.588. The molecule has 0 spiro atoms. The van der Waals surface area contributed by atoms with Crippen LogP contribution in [0, 0.1) is 0 Å². The van der Waals surface area contributed by atoms with Gasteiger partial charge in [-0.1, -0.05) is 30.3 Å². The van der Waals surface area contributed by atoms with E-state index >= 15 is 0 Å². The van der Waals surface area contributed by atoms with Gasteiger partial charge in [0.05, 0.1) is 6.04 Å². The molecule has 0 saturated heterocycles. The first-order chi connectivity index (χ1) is 10.3. The van der Waals surface area contributed by atoms with Gasteiger partial charge in [-0.2, -0.15) is 0 Å². The number of guanidine groups is 1. The van der Waals surface area contributed by atoms with Gasteiger partial charge in [0.1, 0.15) is 0 Å². The van der Waals surface area contributed by atoms with Gasteiger partial charge in [-0.3, -0.25) is 4.99 Å². The smallest absolute Gasteiger partial charge is 0.191 e. The van der Waals surface area contributed by atoms with E-state index in [2.05, 4.69) is 53.7 Å². The average molecular weight is 291 g/mol. The number of nitrogens with one attached hydrogen (secondary N) is 2. The van der Waals surface area contributed by atoms with Crippen molar-refractivity contribution in [3.05, 3.63) is 35.9 Å². The molecule has 0 radical (unpaired) electrons. The minimum absolute atomic E-state index is 0.248. The van der Waals surface area contributed by atoms with Crippen LogP contribution in [0.15, 0.2) is 35.3 Å². The normalized spacial score (nSPS) is 13.0. The Balaban J connectivity index is 2.41. The molecule has 0 aliphatic rings. The minimum atomic E-state index is 0.248. The summed E-state index contributed by atoms with van der Waals surface area (Å²) in [5.74, 6) is 0.889. The fourth-order valence-electron chi connectivity index (χ4n) is 2.08. The van der Waals surface area contributed by atoms with Crippen LogP contribution in [0.25, 0.3) is 0 Å².